The van der Waals surface area contributed by atoms with Crippen LogP contribution in [0.1, 0.15) is 41.8 Å². The Hall–Kier alpha value is -5.54. The topological polar surface area (TPSA) is 30.7 Å². The van der Waals surface area contributed by atoms with Crippen molar-refractivity contribution in [3.8, 4) is 39.3 Å². The van der Waals surface area contributed by atoms with Gasteiger partial charge < -0.3 is 0 Å². The summed E-state index contributed by atoms with van der Waals surface area (Å²) in [5.74, 6) is 0.910. The molecule has 46 heavy (non-hydrogen) atoms. The standard InChI is InChI=1S/C43H31N3/c1-2-12-27(13-3-1)31-15-6-7-18-34(31)42-43(45-38-20-10-9-19-37(38)44-42)46-39-21-11-8-17-33(39)36-26-35-30(25-40(36)46)24-29-23-22-28-14-4-5-16-32(28)41(29)35/h1-7,10,12-18,20-23,25-26H,8-9,11,19,24H2. The van der Waals surface area contributed by atoms with Crippen molar-refractivity contribution in [3.63, 3.8) is 0 Å². The van der Waals surface area contributed by atoms with Crippen LogP contribution in [0.2, 0.25) is 0 Å². The summed E-state index contributed by atoms with van der Waals surface area (Å²) in [6.07, 6.45) is 14.1. The van der Waals surface area contributed by atoms with Gasteiger partial charge in [-0.05, 0) is 94.5 Å². The van der Waals surface area contributed by atoms with E-state index in [1.807, 2.05) is 0 Å². The Kier molecular flexibility index (Phi) is 5.59. The zero-order chi connectivity index (χ0) is 30.2. The number of rotatable bonds is 3. The highest BCUT2D eigenvalue weighted by Gasteiger charge is 2.26. The Morgan fingerprint density at radius 1 is 0.630 bits per heavy atom. The van der Waals surface area contributed by atoms with Gasteiger partial charge in [-0.2, -0.15) is 0 Å². The average Bonchev–Trinajstić information content (AvgIpc) is 3.65. The second kappa shape index (κ2) is 9.98. The van der Waals surface area contributed by atoms with Gasteiger partial charge >= 0.3 is 0 Å². The number of fused-ring (bicyclic) bond motifs is 9. The Balaban J connectivity index is 1.29. The summed E-state index contributed by atoms with van der Waals surface area (Å²) in [7, 11) is 0. The van der Waals surface area contributed by atoms with E-state index >= 15 is 0 Å². The third kappa shape index (κ3) is 3.78. The molecule has 3 aliphatic carbocycles. The van der Waals surface area contributed by atoms with E-state index in [-0.39, 0.29) is 0 Å². The molecule has 0 saturated carbocycles. The minimum absolute atomic E-state index is 0.907. The van der Waals surface area contributed by atoms with Gasteiger partial charge in [0.15, 0.2) is 5.82 Å². The molecule has 0 amide bonds. The fraction of sp³-hybridized carbons (Fsp3) is 0.116. The molecule has 5 aromatic carbocycles. The first-order valence-electron chi connectivity index (χ1n) is 16.4. The van der Waals surface area contributed by atoms with Crippen molar-refractivity contribution in [2.24, 2.45) is 0 Å². The fourth-order valence-electron chi connectivity index (χ4n) is 7.98. The lowest BCUT2D eigenvalue weighted by Gasteiger charge is -2.19. The lowest BCUT2D eigenvalue weighted by Crippen LogP contribution is -2.31. The third-order valence-corrected chi connectivity index (χ3v) is 10.1. The normalized spacial score (nSPS) is 14.3. The summed E-state index contributed by atoms with van der Waals surface area (Å²) in [5.41, 5.74) is 13.2. The Morgan fingerprint density at radius 3 is 2.39 bits per heavy atom. The molecule has 0 radical (unpaired) electrons. The van der Waals surface area contributed by atoms with E-state index < -0.39 is 0 Å². The predicted octanol–water partition coefficient (Wildman–Crippen LogP) is 8.79. The number of aromatic nitrogens is 3. The van der Waals surface area contributed by atoms with Crippen molar-refractivity contribution in [2.45, 2.75) is 32.1 Å². The van der Waals surface area contributed by atoms with E-state index in [0.29, 0.717) is 0 Å². The summed E-state index contributed by atoms with van der Waals surface area (Å²) < 4.78 is 2.43. The van der Waals surface area contributed by atoms with Gasteiger partial charge in [-0.3, -0.25) is 4.57 Å². The van der Waals surface area contributed by atoms with Crippen molar-refractivity contribution in [2.75, 3.05) is 0 Å². The molecule has 2 heterocycles. The molecule has 2 aromatic heterocycles. The first-order valence-corrected chi connectivity index (χ1v) is 16.4. The number of hydrogen-bond donors (Lipinski definition) is 0. The molecule has 3 nitrogen and oxygen atoms in total. The van der Waals surface area contributed by atoms with E-state index in [9.17, 15) is 0 Å². The van der Waals surface area contributed by atoms with Crippen LogP contribution in [-0.2, 0) is 12.8 Å². The smallest absolute Gasteiger partial charge is 0.165 e. The fourth-order valence-corrected chi connectivity index (χ4v) is 7.98. The average molecular weight is 590 g/mol. The van der Waals surface area contributed by atoms with E-state index in [2.05, 4.69) is 132 Å². The molecule has 10 rings (SSSR count). The molecule has 0 bridgehead atoms. The van der Waals surface area contributed by atoms with Gasteiger partial charge in [0.2, 0.25) is 0 Å². The van der Waals surface area contributed by atoms with Crippen LogP contribution in [0.3, 0.4) is 0 Å². The number of nitrogens with zero attached hydrogens (tertiary/aromatic N) is 3. The van der Waals surface area contributed by atoms with Crippen LogP contribution in [0.4, 0.5) is 0 Å². The van der Waals surface area contributed by atoms with E-state index in [1.54, 1.807) is 0 Å². The first-order chi connectivity index (χ1) is 22.8. The van der Waals surface area contributed by atoms with Crippen LogP contribution in [0, 0.1) is 0 Å². The van der Waals surface area contributed by atoms with Crippen molar-refractivity contribution >= 4 is 39.9 Å². The second-order valence-electron chi connectivity index (χ2n) is 12.7. The summed E-state index contributed by atoms with van der Waals surface area (Å²) in [6.45, 7) is 0. The summed E-state index contributed by atoms with van der Waals surface area (Å²) in [4.78, 5) is 10.9. The third-order valence-electron chi connectivity index (χ3n) is 10.1. The molecule has 3 heteroatoms. The molecule has 0 spiro atoms. The Morgan fingerprint density at radius 2 is 1.46 bits per heavy atom. The number of aryl methyl sites for hydroxylation is 1. The minimum Gasteiger partial charge on any atom is -0.292 e. The van der Waals surface area contributed by atoms with Crippen LogP contribution in [0.15, 0.2) is 109 Å². The lowest BCUT2D eigenvalue weighted by molar-refractivity contribution is 0.878. The maximum absolute atomic E-state index is 5.48. The molecule has 7 aromatic rings. The molecule has 0 atom stereocenters. The van der Waals surface area contributed by atoms with Crippen molar-refractivity contribution < 1.29 is 0 Å². The van der Waals surface area contributed by atoms with Gasteiger partial charge in [0.05, 0.1) is 22.3 Å². The Bertz CT molecular complexity index is 2550. The highest BCUT2D eigenvalue weighted by atomic mass is 15.1. The largest absolute Gasteiger partial charge is 0.292 e. The van der Waals surface area contributed by atoms with E-state index in [0.717, 1.165) is 60.6 Å². The van der Waals surface area contributed by atoms with Gasteiger partial charge in [-0.1, -0.05) is 109 Å². The zero-order valence-corrected chi connectivity index (χ0v) is 25.5. The number of benzene rings is 5. The highest BCUT2D eigenvalue weighted by Crippen LogP contribution is 2.43. The molecule has 0 N–H and O–H groups in total. The molecular formula is C43H31N3. The molecule has 0 saturated heterocycles. The van der Waals surface area contributed by atoms with Gasteiger partial charge in [-0.25, -0.2) is 9.97 Å². The number of hydrogen-bond acceptors (Lipinski definition) is 2. The molecule has 3 aliphatic rings. The zero-order valence-electron chi connectivity index (χ0n) is 25.5. The maximum Gasteiger partial charge on any atom is 0.165 e. The van der Waals surface area contributed by atoms with E-state index in [4.69, 9.17) is 9.97 Å². The van der Waals surface area contributed by atoms with Gasteiger partial charge in [0.25, 0.3) is 0 Å². The van der Waals surface area contributed by atoms with Crippen LogP contribution in [0.25, 0.3) is 79.2 Å². The van der Waals surface area contributed by atoms with Gasteiger partial charge in [0.1, 0.15) is 5.69 Å². The monoisotopic (exact) mass is 589 g/mol. The van der Waals surface area contributed by atoms with Crippen molar-refractivity contribution in [3.05, 3.63) is 142 Å². The molecule has 0 aliphatic heterocycles. The predicted molar refractivity (Wildman–Crippen MR) is 190 cm³/mol. The quantitative estimate of drug-likeness (QED) is 0.206. The summed E-state index contributed by atoms with van der Waals surface area (Å²) >= 11 is 0. The van der Waals surface area contributed by atoms with Crippen LogP contribution < -0.4 is 10.6 Å². The molecular weight excluding hydrogens is 558 g/mol. The maximum atomic E-state index is 5.48. The lowest BCUT2D eigenvalue weighted by atomic mass is 9.96. The number of allylic oxidation sites excluding steroid dienone is 1. The minimum atomic E-state index is 0.907. The molecule has 0 unspecified atom stereocenters. The van der Waals surface area contributed by atoms with Crippen LogP contribution >= 0.6 is 0 Å². The summed E-state index contributed by atoms with van der Waals surface area (Å²) in [5, 5.41) is 6.48. The molecule has 218 valence electrons. The molecule has 0 fully saturated rings. The van der Waals surface area contributed by atoms with Crippen molar-refractivity contribution in [1.82, 2.24) is 14.5 Å². The van der Waals surface area contributed by atoms with Crippen molar-refractivity contribution in [1.29, 1.82) is 0 Å². The van der Waals surface area contributed by atoms with Gasteiger partial charge in [0, 0.05) is 16.2 Å². The SMILES string of the molecule is C1=Cc2nc(-n3c4c(c5cc6c(cc53)Cc3ccc5ccccc5c3-6)=CCCC=4)c(-c3ccccc3-c3ccccc3)nc2CC1. The summed E-state index contributed by atoms with van der Waals surface area (Å²) in [6, 6.07) is 37.7. The van der Waals surface area contributed by atoms with Crippen LogP contribution in [0.5, 0.6) is 0 Å². The Labute approximate surface area is 267 Å². The highest BCUT2D eigenvalue weighted by molar-refractivity contribution is 6.04. The van der Waals surface area contributed by atoms with Crippen LogP contribution in [-0.4, -0.2) is 14.5 Å². The first kappa shape index (κ1) is 25.8. The van der Waals surface area contributed by atoms with E-state index in [1.165, 1.54) is 65.6 Å². The van der Waals surface area contributed by atoms with Gasteiger partial charge in [-0.15, -0.1) is 0 Å². The second-order valence-corrected chi connectivity index (χ2v) is 12.7.